The number of ketones is 1. The van der Waals surface area contributed by atoms with E-state index in [4.69, 9.17) is 16.2 Å². The van der Waals surface area contributed by atoms with Crippen LogP contribution >= 0.6 is 0 Å². The summed E-state index contributed by atoms with van der Waals surface area (Å²) in [5.74, 6) is 3.03. The second kappa shape index (κ2) is 15.3. The number of nitrogens with two attached hydrogens (primary N) is 2. The zero-order valence-electron chi connectivity index (χ0n) is 27.5. The topological polar surface area (TPSA) is 111 Å². The maximum absolute atomic E-state index is 13.9. The predicted octanol–water partition coefficient (Wildman–Crippen LogP) is 5.29. The number of hydrogen-bond acceptors (Lipinski definition) is 7. The first kappa shape index (κ1) is 33.9. The number of ether oxygens (including phenoxy) is 1. The van der Waals surface area contributed by atoms with Gasteiger partial charge in [-0.15, -0.1) is 0 Å². The fourth-order valence-corrected chi connectivity index (χ4v) is 10.1. The van der Waals surface area contributed by atoms with Gasteiger partial charge in [0.05, 0.1) is 6.10 Å². The van der Waals surface area contributed by atoms with Crippen LogP contribution in [0.25, 0.3) is 0 Å². The predicted molar refractivity (Wildman–Crippen MR) is 171 cm³/mol. The van der Waals surface area contributed by atoms with Crippen LogP contribution in [0.15, 0.2) is 0 Å². The van der Waals surface area contributed by atoms with Crippen molar-refractivity contribution in [3.63, 3.8) is 0 Å². The molecule has 0 bridgehead atoms. The molecule has 242 valence electrons. The van der Waals surface area contributed by atoms with Gasteiger partial charge in [0, 0.05) is 24.8 Å². The molecule has 7 nitrogen and oxygen atoms in total. The molecule has 4 fully saturated rings. The van der Waals surface area contributed by atoms with Crippen LogP contribution in [0.4, 0.5) is 0 Å². The second-order valence-corrected chi connectivity index (χ2v) is 15.3. The third-order valence-electron chi connectivity index (χ3n) is 12.4. The van der Waals surface area contributed by atoms with E-state index in [-0.39, 0.29) is 23.4 Å². The highest BCUT2D eigenvalue weighted by Crippen LogP contribution is 2.67. The van der Waals surface area contributed by atoms with Crippen LogP contribution in [0, 0.1) is 40.4 Å². The number of nitrogens with zero attached hydrogens (tertiary/aromatic N) is 1. The molecule has 0 aromatic rings. The van der Waals surface area contributed by atoms with Crippen molar-refractivity contribution in [3.8, 4) is 0 Å². The number of carbonyl (C=O) groups excluding carboxylic acids is 2. The van der Waals surface area contributed by atoms with Gasteiger partial charge in [0.1, 0.15) is 5.78 Å². The summed E-state index contributed by atoms with van der Waals surface area (Å²) in [5, 5.41) is 3.89. The lowest BCUT2D eigenvalue weighted by Crippen LogP contribution is -2.58. The van der Waals surface area contributed by atoms with Gasteiger partial charge in [-0.3, -0.25) is 9.59 Å². The van der Waals surface area contributed by atoms with E-state index in [1.54, 1.807) is 0 Å². The summed E-state index contributed by atoms with van der Waals surface area (Å²) >= 11 is 0. The lowest BCUT2D eigenvalue weighted by Gasteiger charge is -2.60. The first-order chi connectivity index (χ1) is 20.1. The molecule has 4 rings (SSSR count). The SMILES string of the molecule is CC(C)OC(=O)CCC[C@H]1CCC2C3C(=O)CC4C[C@@H](NCCCN(CCCN)CCCN)CC[C@]4(C)C3CC[C@@]21C. The van der Waals surface area contributed by atoms with E-state index in [0.29, 0.717) is 47.3 Å². The van der Waals surface area contributed by atoms with Crippen LogP contribution in [0.3, 0.4) is 0 Å². The van der Waals surface area contributed by atoms with Crippen molar-refractivity contribution in [1.82, 2.24) is 10.2 Å². The fourth-order valence-electron chi connectivity index (χ4n) is 10.1. The van der Waals surface area contributed by atoms with E-state index in [1.807, 2.05) is 13.8 Å². The summed E-state index contributed by atoms with van der Waals surface area (Å²) in [6.45, 7) is 14.7. The first-order valence-corrected chi connectivity index (χ1v) is 17.7. The highest BCUT2D eigenvalue weighted by Gasteiger charge is 2.62. The highest BCUT2D eigenvalue weighted by atomic mass is 16.5. The molecule has 8 atom stereocenters. The standard InChI is InChI=1S/C35H64N4O3/c1-25(2)42-32(41)10-5-9-26-11-12-29-33-30(14-16-34(26,29)3)35(4)15-13-28(23-27(35)24-31(33)40)38-19-8-22-39(20-6-17-36)21-7-18-37/h25-30,33,38H,5-24,36-37H2,1-4H3/t26-,27?,28-,29?,30?,33?,34+,35-/m0/s1. The van der Waals surface area contributed by atoms with Gasteiger partial charge in [-0.2, -0.15) is 0 Å². The molecule has 7 heteroatoms. The summed E-state index contributed by atoms with van der Waals surface area (Å²) < 4.78 is 5.37. The molecule has 4 aliphatic rings. The number of carbonyl (C=O) groups is 2. The molecule has 5 N–H and O–H groups in total. The minimum atomic E-state index is -0.0630. The second-order valence-electron chi connectivity index (χ2n) is 15.3. The quantitative estimate of drug-likeness (QED) is 0.166. The van der Waals surface area contributed by atoms with Gasteiger partial charge in [-0.1, -0.05) is 13.8 Å². The Labute approximate surface area is 257 Å². The summed E-state index contributed by atoms with van der Waals surface area (Å²) in [5.41, 5.74) is 12.1. The molecule has 4 unspecified atom stereocenters. The Bertz CT molecular complexity index is 874. The van der Waals surface area contributed by atoms with Gasteiger partial charge in [0.25, 0.3) is 0 Å². The Balaban J connectivity index is 1.28. The minimum absolute atomic E-state index is 0.0383. The van der Waals surface area contributed by atoms with Crippen molar-refractivity contribution < 1.29 is 14.3 Å². The van der Waals surface area contributed by atoms with Crippen molar-refractivity contribution >= 4 is 11.8 Å². The van der Waals surface area contributed by atoms with E-state index >= 15 is 0 Å². The van der Waals surface area contributed by atoms with E-state index in [2.05, 4.69) is 24.1 Å². The van der Waals surface area contributed by atoms with Gasteiger partial charge >= 0.3 is 5.97 Å². The van der Waals surface area contributed by atoms with Gasteiger partial charge in [0.2, 0.25) is 0 Å². The van der Waals surface area contributed by atoms with Crippen molar-refractivity contribution in [1.29, 1.82) is 0 Å². The Morgan fingerprint density at radius 2 is 1.62 bits per heavy atom. The average Bonchev–Trinajstić information content (AvgIpc) is 3.28. The Morgan fingerprint density at radius 3 is 2.31 bits per heavy atom. The summed E-state index contributed by atoms with van der Waals surface area (Å²) in [6, 6.07) is 0.543. The van der Waals surface area contributed by atoms with Gasteiger partial charge in [-0.25, -0.2) is 0 Å². The molecule has 0 saturated heterocycles. The third kappa shape index (κ3) is 7.79. The molecule has 4 aliphatic carbocycles. The molecule has 0 aromatic heterocycles. The first-order valence-electron chi connectivity index (χ1n) is 17.7. The van der Waals surface area contributed by atoms with Crippen LogP contribution in [-0.2, 0) is 14.3 Å². The normalized spacial score (nSPS) is 36.1. The summed E-state index contributed by atoms with van der Waals surface area (Å²) in [4.78, 5) is 28.6. The smallest absolute Gasteiger partial charge is 0.306 e. The maximum Gasteiger partial charge on any atom is 0.306 e. The van der Waals surface area contributed by atoms with Gasteiger partial charge in [-0.05, 0) is 165 Å². The zero-order chi connectivity index (χ0) is 30.3. The molecule has 0 aliphatic heterocycles. The Hall–Kier alpha value is -1.02. The van der Waals surface area contributed by atoms with Crippen LogP contribution in [0.2, 0.25) is 0 Å². The Morgan fingerprint density at radius 1 is 0.952 bits per heavy atom. The molecule has 4 saturated carbocycles. The van der Waals surface area contributed by atoms with Crippen molar-refractivity contribution in [2.45, 2.75) is 130 Å². The minimum Gasteiger partial charge on any atom is -0.463 e. The number of Topliss-reactive ketones (excluding diaryl/α,β-unsaturated/α-hetero) is 1. The molecule has 0 spiro atoms. The van der Waals surface area contributed by atoms with Crippen LogP contribution in [0.5, 0.6) is 0 Å². The number of fused-ring (bicyclic) bond motifs is 5. The van der Waals surface area contributed by atoms with E-state index in [9.17, 15) is 9.59 Å². The molecule has 0 amide bonds. The van der Waals surface area contributed by atoms with Crippen molar-refractivity contribution in [2.75, 3.05) is 39.3 Å². The fraction of sp³-hybridized carbons (Fsp3) is 0.943. The van der Waals surface area contributed by atoms with Crippen molar-refractivity contribution in [3.05, 3.63) is 0 Å². The average molecular weight is 589 g/mol. The van der Waals surface area contributed by atoms with Crippen LogP contribution in [-0.4, -0.2) is 68.1 Å². The van der Waals surface area contributed by atoms with E-state index in [0.717, 1.165) is 84.2 Å². The zero-order valence-corrected chi connectivity index (χ0v) is 27.5. The van der Waals surface area contributed by atoms with E-state index in [1.165, 1.54) is 38.5 Å². The molecule has 42 heavy (non-hydrogen) atoms. The van der Waals surface area contributed by atoms with E-state index < -0.39 is 0 Å². The molecular weight excluding hydrogens is 524 g/mol. The number of hydrogen-bond donors (Lipinski definition) is 3. The third-order valence-corrected chi connectivity index (χ3v) is 12.4. The van der Waals surface area contributed by atoms with Crippen molar-refractivity contribution in [2.24, 2.45) is 51.9 Å². The molecule has 0 heterocycles. The largest absolute Gasteiger partial charge is 0.463 e. The number of rotatable bonds is 16. The van der Waals surface area contributed by atoms with Gasteiger partial charge in [0.15, 0.2) is 0 Å². The molecule has 0 radical (unpaired) electrons. The number of esters is 1. The lowest BCUT2D eigenvalue weighted by molar-refractivity contribution is -0.156. The highest BCUT2D eigenvalue weighted by molar-refractivity contribution is 5.83. The van der Waals surface area contributed by atoms with Crippen LogP contribution < -0.4 is 16.8 Å². The summed E-state index contributed by atoms with van der Waals surface area (Å²) in [6.07, 6.45) is 15.1. The van der Waals surface area contributed by atoms with Gasteiger partial charge < -0.3 is 26.4 Å². The summed E-state index contributed by atoms with van der Waals surface area (Å²) in [7, 11) is 0. The van der Waals surface area contributed by atoms with Crippen LogP contribution in [0.1, 0.15) is 118 Å². The molecule has 0 aromatic carbocycles. The monoisotopic (exact) mass is 588 g/mol. The Kier molecular flexibility index (Phi) is 12.3. The lowest BCUT2D eigenvalue weighted by atomic mass is 9.44. The maximum atomic E-state index is 13.9. The number of nitrogens with one attached hydrogen (secondary N) is 1. The molecular formula is C35H64N4O3.